The lowest BCUT2D eigenvalue weighted by Gasteiger charge is -2.13. The minimum atomic E-state index is 0.804. The molecule has 2 rings (SSSR count). The largest absolute Gasteiger partial charge is 0.383 e. The van der Waals surface area contributed by atoms with Gasteiger partial charge in [0.1, 0.15) is 0 Å². The second-order valence-electron chi connectivity index (χ2n) is 4.37. The number of likely N-dealkylation sites (N-methyl/N-ethyl adjacent to an activating group) is 1. The second kappa shape index (κ2) is 5.39. The van der Waals surface area contributed by atoms with Gasteiger partial charge in [-0.2, -0.15) is 0 Å². The summed E-state index contributed by atoms with van der Waals surface area (Å²) in [5.41, 5.74) is 1.15. The molecule has 90 valence electrons. The van der Waals surface area contributed by atoms with Crippen molar-refractivity contribution >= 4 is 28.1 Å². The zero-order valence-electron chi connectivity index (χ0n) is 10.2. The fraction of sp³-hybridized carbons (Fsp3) is 0.286. The Labute approximate surface area is 107 Å². The number of nitrogens with zero attached hydrogens (tertiary/aromatic N) is 1. The van der Waals surface area contributed by atoms with Gasteiger partial charge in [-0.15, -0.1) is 0 Å². The Kier molecular flexibility index (Phi) is 3.87. The highest BCUT2D eigenvalue weighted by molar-refractivity contribution is 6.36. The SMILES string of the molecule is CN(C)CCNc1ccc(Cl)c2ccccc12. The summed E-state index contributed by atoms with van der Waals surface area (Å²) in [4.78, 5) is 2.16. The average Bonchev–Trinajstić information content (AvgIpc) is 2.32. The van der Waals surface area contributed by atoms with Crippen LogP contribution in [0.3, 0.4) is 0 Å². The number of fused-ring (bicyclic) bond motifs is 1. The Morgan fingerprint density at radius 2 is 1.76 bits per heavy atom. The maximum atomic E-state index is 6.18. The van der Waals surface area contributed by atoms with E-state index in [2.05, 4.69) is 36.4 Å². The summed E-state index contributed by atoms with van der Waals surface area (Å²) in [6, 6.07) is 12.2. The van der Waals surface area contributed by atoms with Crippen LogP contribution in [0.25, 0.3) is 10.8 Å². The molecular formula is C14H17ClN2. The summed E-state index contributed by atoms with van der Waals surface area (Å²) >= 11 is 6.18. The smallest absolute Gasteiger partial charge is 0.0485 e. The molecule has 0 fully saturated rings. The van der Waals surface area contributed by atoms with E-state index in [1.807, 2.05) is 24.3 Å². The summed E-state index contributed by atoms with van der Waals surface area (Å²) in [6.07, 6.45) is 0. The molecule has 0 bridgehead atoms. The number of hydrogen-bond acceptors (Lipinski definition) is 2. The fourth-order valence-corrected chi connectivity index (χ4v) is 2.06. The van der Waals surface area contributed by atoms with Crippen LogP contribution in [0.5, 0.6) is 0 Å². The first-order valence-electron chi connectivity index (χ1n) is 5.74. The van der Waals surface area contributed by atoms with Crippen LogP contribution in [0.15, 0.2) is 36.4 Å². The number of anilines is 1. The van der Waals surface area contributed by atoms with Crippen molar-refractivity contribution in [1.29, 1.82) is 0 Å². The van der Waals surface area contributed by atoms with Gasteiger partial charge < -0.3 is 10.2 Å². The van der Waals surface area contributed by atoms with Crippen LogP contribution in [-0.4, -0.2) is 32.1 Å². The number of halogens is 1. The molecule has 0 amide bonds. The number of nitrogens with one attached hydrogen (secondary N) is 1. The summed E-state index contributed by atoms with van der Waals surface area (Å²) in [6.45, 7) is 1.94. The van der Waals surface area contributed by atoms with Crippen LogP contribution in [0.4, 0.5) is 5.69 Å². The van der Waals surface area contributed by atoms with Crippen molar-refractivity contribution < 1.29 is 0 Å². The predicted molar refractivity (Wildman–Crippen MR) is 76.0 cm³/mol. The maximum Gasteiger partial charge on any atom is 0.0485 e. The fourth-order valence-electron chi connectivity index (χ4n) is 1.83. The average molecular weight is 249 g/mol. The summed E-state index contributed by atoms with van der Waals surface area (Å²) in [5, 5.41) is 6.53. The van der Waals surface area contributed by atoms with Crippen LogP contribution in [0, 0.1) is 0 Å². The molecule has 1 N–H and O–H groups in total. The molecule has 0 unspecified atom stereocenters. The van der Waals surface area contributed by atoms with Crippen molar-refractivity contribution in [3.05, 3.63) is 41.4 Å². The minimum Gasteiger partial charge on any atom is -0.383 e. The van der Waals surface area contributed by atoms with Gasteiger partial charge in [0.05, 0.1) is 0 Å². The number of benzene rings is 2. The Morgan fingerprint density at radius 1 is 1.06 bits per heavy atom. The molecule has 0 saturated carbocycles. The molecule has 0 aliphatic carbocycles. The maximum absolute atomic E-state index is 6.18. The Morgan fingerprint density at radius 3 is 2.47 bits per heavy atom. The second-order valence-corrected chi connectivity index (χ2v) is 4.78. The van der Waals surface area contributed by atoms with Crippen molar-refractivity contribution in [1.82, 2.24) is 4.90 Å². The van der Waals surface area contributed by atoms with Gasteiger partial charge in [-0.3, -0.25) is 0 Å². The van der Waals surface area contributed by atoms with E-state index in [-0.39, 0.29) is 0 Å². The molecule has 0 aliphatic heterocycles. The molecule has 2 aromatic carbocycles. The van der Waals surface area contributed by atoms with Crippen LogP contribution in [-0.2, 0) is 0 Å². The predicted octanol–water partition coefficient (Wildman–Crippen LogP) is 3.47. The molecule has 0 atom stereocenters. The van der Waals surface area contributed by atoms with E-state index in [9.17, 15) is 0 Å². The monoisotopic (exact) mass is 248 g/mol. The quantitative estimate of drug-likeness (QED) is 0.892. The van der Waals surface area contributed by atoms with Gasteiger partial charge >= 0.3 is 0 Å². The third-order valence-electron chi connectivity index (χ3n) is 2.75. The van der Waals surface area contributed by atoms with Crippen molar-refractivity contribution in [3.8, 4) is 0 Å². The molecule has 0 heterocycles. The normalized spacial score (nSPS) is 11.1. The Hall–Kier alpha value is -1.25. The lowest BCUT2D eigenvalue weighted by molar-refractivity contribution is 0.425. The molecule has 2 aromatic rings. The van der Waals surface area contributed by atoms with Crippen LogP contribution in [0.1, 0.15) is 0 Å². The lowest BCUT2D eigenvalue weighted by atomic mass is 10.1. The van der Waals surface area contributed by atoms with Crippen LogP contribution < -0.4 is 5.32 Å². The van der Waals surface area contributed by atoms with Crippen molar-refractivity contribution in [2.75, 3.05) is 32.5 Å². The van der Waals surface area contributed by atoms with E-state index in [1.54, 1.807) is 0 Å². The zero-order chi connectivity index (χ0) is 12.3. The summed E-state index contributed by atoms with van der Waals surface area (Å²) in [5.74, 6) is 0. The third-order valence-corrected chi connectivity index (χ3v) is 3.07. The topological polar surface area (TPSA) is 15.3 Å². The molecule has 0 saturated heterocycles. The van der Waals surface area contributed by atoms with Crippen LogP contribution in [0.2, 0.25) is 5.02 Å². The van der Waals surface area contributed by atoms with Gasteiger partial charge in [0.15, 0.2) is 0 Å². The van der Waals surface area contributed by atoms with E-state index in [4.69, 9.17) is 11.6 Å². The minimum absolute atomic E-state index is 0.804. The molecule has 0 radical (unpaired) electrons. The lowest BCUT2D eigenvalue weighted by Crippen LogP contribution is -2.20. The molecule has 0 aliphatic rings. The first-order valence-corrected chi connectivity index (χ1v) is 6.12. The van der Waals surface area contributed by atoms with E-state index in [1.165, 1.54) is 5.39 Å². The van der Waals surface area contributed by atoms with Gasteiger partial charge in [0.25, 0.3) is 0 Å². The molecule has 0 aromatic heterocycles. The molecular weight excluding hydrogens is 232 g/mol. The highest BCUT2D eigenvalue weighted by Gasteiger charge is 2.03. The van der Waals surface area contributed by atoms with E-state index >= 15 is 0 Å². The van der Waals surface area contributed by atoms with E-state index < -0.39 is 0 Å². The van der Waals surface area contributed by atoms with E-state index in [0.29, 0.717) is 0 Å². The van der Waals surface area contributed by atoms with Crippen molar-refractivity contribution in [2.24, 2.45) is 0 Å². The van der Waals surface area contributed by atoms with Gasteiger partial charge in [-0.1, -0.05) is 35.9 Å². The van der Waals surface area contributed by atoms with Crippen molar-refractivity contribution in [2.45, 2.75) is 0 Å². The Balaban J connectivity index is 2.26. The highest BCUT2D eigenvalue weighted by atomic mass is 35.5. The van der Waals surface area contributed by atoms with Crippen molar-refractivity contribution in [3.63, 3.8) is 0 Å². The van der Waals surface area contributed by atoms with Gasteiger partial charge in [0, 0.05) is 34.6 Å². The first-order chi connectivity index (χ1) is 8.18. The molecule has 0 spiro atoms. The van der Waals surface area contributed by atoms with E-state index in [0.717, 1.165) is 29.2 Å². The third kappa shape index (κ3) is 2.90. The Bertz CT molecular complexity index is 509. The van der Waals surface area contributed by atoms with Gasteiger partial charge in [-0.05, 0) is 26.2 Å². The first kappa shape index (κ1) is 12.2. The summed E-state index contributed by atoms with van der Waals surface area (Å²) in [7, 11) is 4.14. The summed E-state index contributed by atoms with van der Waals surface area (Å²) < 4.78 is 0. The number of hydrogen-bond donors (Lipinski definition) is 1. The number of rotatable bonds is 4. The van der Waals surface area contributed by atoms with Crippen LogP contribution >= 0.6 is 11.6 Å². The molecule has 2 nitrogen and oxygen atoms in total. The standard InChI is InChI=1S/C14H17ClN2/c1-17(2)10-9-16-14-8-7-13(15)11-5-3-4-6-12(11)14/h3-8,16H,9-10H2,1-2H3. The highest BCUT2D eigenvalue weighted by Crippen LogP contribution is 2.29. The molecule has 17 heavy (non-hydrogen) atoms. The zero-order valence-corrected chi connectivity index (χ0v) is 11.0. The van der Waals surface area contributed by atoms with Gasteiger partial charge in [0.2, 0.25) is 0 Å². The van der Waals surface area contributed by atoms with Gasteiger partial charge in [-0.25, -0.2) is 0 Å². The molecule has 3 heteroatoms.